The zero-order valence-electron chi connectivity index (χ0n) is 22.7. The summed E-state index contributed by atoms with van der Waals surface area (Å²) in [7, 11) is -5.90. The first kappa shape index (κ1) is 29.6. The highest BCUT2D eigenvalue weighted by Gasteiger charge is 2.44. The van der Waals surface area contributed by atoms with Crippen molar-refractivity contribution < 1.29 is 31.4 Å². The number of benzene rings is 2. The summed E-state index contributed by atoms with van der Waals surface area (Å²) >= 11 is 0. The third kappa shape index (κ3) is 6.80. The van der Waals surface area contributed by atoms with Crippen molar-refractivity contribution in [1.82, 2.24) is 24.5 Å². The normalized spacial score (nSPS) is 20.3. The van der Waals surface area contributed by atoms with Crippen LogP contribution in [0, 0.1) is 0 Å². The van der Waals surface area contributed by atoms with Crippen LogP contribution in [-0.4, -0.2) is 94.1 Å². The first-order valence-electron chi connectivity index (χ1n) is 13.4. The molecule has 2 saturated heterocycles. The van der Waals surface area contributed by atoms with Crippen molar-refractivity contribution in [1.29, 1.82) is 0 Å². The van der Waals surface area contributed by atoms with E-state index in [1.54, 1.807) is 42.7 Å². The van der Waals surface area contributed by atoms with Gasteiger partial charge in [-0.25, -0.2) is 21.6 Å². The van der Waals surface area contributed by atoms with Crippen molar-refractivity contribution in [2.75, 3.05) is 39.9 Å². The molecule has 222 valence electrons. The molecule has 0 radical (unpaired) electrons. The SMILES string of the molecule is CNS(=O)(=O)c1cccc(OCC(O)CNC2COC3(CCN(S(=O)(=O)c4cccc(-c5cn[nH]c5)c4)CC3)C2)c1. The lowest BCUT2D eigenvalue weighted by Gasteiger charge is -2.38. The van der Waals surface area contributed by atoms with Crippen LogP contribution in [0.2, 0.25) is 0 Å². The Kier molecular flexibility index (Phi) is 8.80. The summed E-state index contributed by atoms with van der Waals surface area (Å²) in [5.74, 6) is 0.346. The molecule has 4 N–H and O–H groups in total. The molecule has 2 atom stereocenters. The number of sulfonamides is 2. The van der Waals surface area contributed by atoms with Crippen LogP contribution in [0.15, 0.2) is 70.7 Å². The zero-order valence-corrected chi connectivity index (χ0v) is 24.3. The zero-order chi connectivity index (χ0) is 29.1. The van der Waals surface area contributed by atoms with Gasteiger partial charge in [-0.15, -0.1) is 0 Å². The average Bonchev–Trinajstić information content (AvgIpc) is 3.66. The molecule has 0 bridgehead atoms. The quantitative estimate of drug-likeness (QED) is 0.253. The van der Waals surface area contributed by atoms with E-state index >= 15 is 0 Å². The van der Waals surface area contributed by atoms with Gasteiger partial charge in [0.15, 0.2) is 0 Å². The lowest BCUT2D eigenvalue weighted by molar-refractivity contribution is -0.0312. The summed E-state index contributed by atoms with van der Waals surface area (Å²) < 4.78 is 66.3. The Morgan fingerprint density at radius 1 is 1.12 bits per heavy atom. The van der Waals surface area contributed by atoms with Crippen molar-refractivity contribution in [2.24, 2.45) is 0 Å². The molecule has 0 saturated carbocycles. The molecule has 3 aromatic rings. The second kappa shape index (κ2) is 12.2. The van der Waals surface area contributed by atoms with Gasteiger partial charge in [0, 0.05) is 43.5 Å². The van der Waals surface area contributed by atoms with E-state index in [0.717, 1.165) is 11.1 Å². The van der Waals surface area contributed by atoms with Crippen LogP contribution in [-0.2, 0) is 24.8 Å². The average molecular weight is 606 g/mol. The highest BCUT2D eigenvalue weighted by molar-refractivity contribution is 7.89. The van der Waals surface area contributed by atoms with Crippen molar-refractivity contribution in [3.05, 3.63) is 60.9 Å². The monoisotopic (exact) mass is 605 g/mol. The number of aliphatic hydroxyl groups excluding tert-OH is 1. The fraction of sp³-hybridized carbons (Fsp3) is 0.444. The Balaban J connectivity index is 1.09. The van der Waals surface area contributed by atoms with Gasteiger partial charge >= 0.3 is 0 Å². The molecule has 2 aliphatic rings. The molecule has 0 amide bonds. The number of rotatable bonds is 11. The maximum absolute atomic E-state index is 13.4. The number of hydrogen-bond donors (Lipinski definition) is 4. The van der Waals surface area contributed by atoms with Gasteiger partial charge in [0.05, 0.1) is 28.2 Å². The van der Waals surface area contributed by atoms with E-state index in [9.17, 15) is 21.9 Å². The summed E-state index contributed by atoms with van der Waals surface area (Å²) in [5, 5.41) is 20.4. The second-order valence-electron chi connectivity index (χ2n) is 10.4. The Labute approximate surface area is 240 Å². The predicted molar refractivity (Wildman–Crippen MR) is 151 cm³/mol. The van der Waals surface area contributed by atoms with E-state index in [1.165, 1.54) is 23.5 Å². The number of nitrogens with zero attached hydrogens (tertiary/aromatic N) is 2. The summed E-state index contributed by atoms with van der Waals surface area (Å²) in [4.78, 5) is 0.339. The molecule has 1 aromatic heterocycles. The molecule has 14 heteroatoms. The van der Waals surface area contributed by atoms with Gasteiger partial charge in [0.25, 0.3) is 0 Å². The number of aromatic nitrogens is 2. The van der Waals surface area contributed by atoms with Crippen molar-refractivity contribution in [3.8, 4) is 16.9 Å². The Morgan fingerprint density at radius 2 is 1.88 bits per heavy atom. The number of H-pyrrole nitrogens is 1. The van der Waals surface area contributed by atoms with E-state index in [1.807, 2.05) is 6.07 Å². The number of aromatic amines is 1. The van der Waals surface area contributed by atoms with Crippen LogP contribution in [0.1, 0.15) is 19.3 Å². The highest BCUT2D eigenvalue weighted by Crippen LogP contribution is 2.37. The van der Waals surface area contributed by atoms with E-state index in [2.05, 4.69) is 20.2 Å². The highest BCUT2D eigenvalue weighted by atomic mass is 32.2. The van der Waals surface area contributed by atoms with E-state index in [-0.39, 0.29) is 29.0 Å². The molecule has 0 aliphatic carbocycles. The molecular weight excluding hydrogens is 570 g/mol. The smallest absolute Gasteiger partial charge is 0.243 e. The number of nitrogens with one attached hydrogen (secondary N) is 3. The van der Waals surface area contributed by atoms with Gasteiger partial charge in [0.1, 0.15) is 18.5 Å². The molecular formula is C27H35N5O7S2. The van der Waals surface area contributed by atoms with E-state index in [4.69, 9.17) is 9.47 Å². The van der Waals surface area contributed by atoms with Crippen LogP contribution in [0.3, 0.4) is 0 Å². The maximum Gasteiger partial charge on any atom is 0.243 e. The minimum absolute atomic E-state index is 0.0105. The first-order valence-corrected chi connectivity index (χ1v) is 16.3. The molecule has 12 nitrogen and oxygen atoms in total. The van der Waals surface area contributed by atoms with Gasteiger partial charge in [-0.3, -0.25) is 5.10 Å². The molecule has 3 heterocycles. The Hall–Kier alpha value is -2.85. The fourth-order valence-electron chi connectivity index (χ4n) is 5.25. The molecule has 5 rings (SSSR count). The summed E-state index contributed by atoms with van der Waals surface area (Å²) in [6.45, 7) is 1.46. The summed E-state index contributed by atoms with van der Waals surface area (Å²) in [6, 6.07) is 13.0. The minimum atomic E-state index is -3.65. The lowest BCUT2D eigenvalue weighted by atomic mass is 9.88. The topological polar surface area (TPSA) is 163 Å². The molecule has 2 unspecified atom stereocenters. The van der Waals surface area contributed by atoms with E-state index < -0.39 is 31.8 Å². The van der Waals surface area contributed by atoms with Crippen molar-refractivity contribution in [3.63, 3.8) is 0 Å². The number of piperidine rings is 1. The Bertz CT molecular complexity index is 1540. The molecule has 2 aromatic carbocycles. The third-order valence-corrected chi connectivity index (χ3v) is 10.9. The Morgan fingerprint density at radius 3 is 2.61 bits per heavy atom. The van der Waals surface area contributed by atoms with Crippen molar-refractivity contribution in [2.45, 2.75) is 46.8 Å². The van der Waals surface area contributed by atoms with Gasteiger partial charge in [-0.2, -0.15) is 9.40 Å². The van der Waals surface area contributed by atoms with Crippen LogP contribution >= 0.6 is 0 Å². The van der Waals surface area contributed by atoms with Gasteiger partial charge in [0.2, 0.25) is 20.0 Å². The molecule has 41 heavy (non-hydrogen) atoms. The van der Waals surface area contributed by atoms with Crippen LogP contribution in [0.25, 0.3) is 11.1 Å². The maximum atomic E-state index is 13.4. The van der Waals surface area contributed by atoms with Crippen LogP contribution < -0.4 is 14.8 Å². The summed E-state index contributed by atoms with van der Waals surface area (Å²) in [6.07, 6.45) is 4.45. The van der Waals surface area contributed by atoms with Gasteiger partial charge in [-0.05, 0) is 56.1 Å². The molecule has 2 fully saturated rings. The van der Waals surface area contributed by atoms with Gasteiger partial charge in [-0.1, -0.05) is 18.2 Å². The molecule has 1 spiro atoms. The fourth-order valence-corrected chi connectivity index (χ4v) is 7.51. The number of ether oxygens (including phenoxy) is 2. The largest absolute Gasteiger partial charge is 0.491 e. The third-order valence-electron chi connectivity index (χ3n) is 7.62. The van der Waals surface area contributed by atoms with Crippen molar-refractivity contribution >= 4 is 20.0 Å². The van der Waals surface area contributed by atoms with Crippen LogP contribution in [0.4, 0.5) is 0 Å². The number of hydrogen-bond acceptors (Lipinski definition) is 9. The standard InChI is InChI=1S/C27H35N5O7S2/c1-28-40(34,35)25-6-3-5-24(13-25)38-19-23(33)17-29-22-14-27(39-18-22)8-10-32(11-9-27)41(36,37)26-7-2-4-20(12-26)21-15-30-31-16-21/h2-7,12-13,15-16,22-23,28-29,33H,8-11,14,17-19H2,1H3,(H,30,31). The summed E-state index contributed by atoms with van der Waals surface area (Å²) in [5.41, 5.74) is 1.20. The first-order chi connectivity index (χ1) is 19.6. The molecule has 2 aliphatic heterocycles. The van der Waals surface area contributed by atoms with E-state index in [0.29, 0.717) is 44.7 Å². The van der Waals surface area contributed by atoms with Gasteiger partial charge < -0.3 is 19.9 Å². The lowest BCUT2D eigenvalue weighted by Crippen LogP contribution is -2.47. The predicted octanol–water partition coefficient (Wildman–Crippen LogP) is 1.33. The van der Waals surface area contributed by atoms with Crippen LogP contribution in [0.5, 0.6) is 5.75 Å². The second-order valence-corrected chi connectivity index (χ2v) is 14.2. The minimum Gasteiger partial charge on any atom is -0.491 e. The number of aliphatic hydroxyl groups is 1.